The molecule has 1 unspecified atom stereocenters. The Morgan fingerprint density at radius 3 is 2.59 bits per heavy atom. The van der Waals surface area contributed by atoms with Crippen LogP contribution in [0.3, 0.4) is 0 Å². The summed E-state index contributed by atoms with van der Waals surface area (Å²) in [6.07, 6.45) is -0.523. The van der Waals surface area contributed by atoms with Crippen LogP contribution in [0.1, 0.15) is 11.1 Å². The summed E-state index contributed by atoms with van der Waals surface area (Å²) in [6, 6.07) is 4.09. The van der Waals surface area contributed by atoms with Gasteiger partial charge in [-0.2, -0.15) is 0 Å². The Morgan fingerprint density at radius 2 is 2.06 bits per heavy atom. The van der Waals surface area contributed by atoms with Crippen molar-refractivity contribution in [3.63, 3.8) is 0 Å². The van der Waals surface area contributed by atoms with Crippen molar-refractivity contribution in [2.45, 2.75) is 20.0 Å². The third-order valence-corrected chi connectivity index (χ3v) is 2.77. The molecule has 1 aromatic rings. The molecule has 4 nitrogen and oxygen atoms in total. The summed E-state index contributed by atoms with van der Waals surface area (Å²) in [6.45, 7) is 4.83. The number of likely N-dealkylation sites (N-methyl/N-ethyl adjacent to an activating group) is 1. The van der Waals surface area contributed by atoms with Crippen LogP contribution in [0, 0.1) is 13.8 Å². The Bertz CT molecular complexity index is 380. The molecule has 0 fully saturated rings. The van der Waals surface area contributed by atoms with Gasteiger partial charge in [0.1, 0.15) is 5.75 Å². The standard InChI is InChI=1S/C13H22N2O2/c1-9-5-10(2)13(12(6-9)17-4)15(3)8-11(16)7-14/h5-6,11,16H,7-8,14H2,1-4H3. The molecule has 1 rings (SSSR count). The van der Waals surface area contributed by atoms with Crippen LogP contribution in [-0.4, -0.2) is 38.5 Å². The molecule has 0 aliphatic carbocycles. The second-order valence-corrected chi connectivity index (χ2v) is 4.40. The van der Waals surface area contributed by atoms with Gasteiger partial charge in [0.05, 0.1) is 18.9 Å². The lowest BCUT2D eigenvalue weighted by atomic mass is 10.1. The van der Waals surface area contributed by atoms with Gasteiger partial charge < -0.3 is 20.5 Å². The molecule has 0 saturated carbocycles. The molecule has 0 aliphatic rings. The Morgan fingerprint density at radius 1 is 1.41 bits per heavy atom. The predicted octanol–water partition coefficient (Wildman–Crippen LogP) is 1.07. The van der Waals surface area contributed by atoms with Crippen molar-refractivity contribution in [2.75, 3.05) is 32.1 Å². The number of methoxy groups -OCH3 is 1. The normalized spacial score (nSPS) is 12.4. The molecule has 0 bridgehead atoms. The Kier molecular flexibility index (Phi) is 4.78. The number of benzene rings is 1. The molecule has 17 heavy (non-hydrogen) atoms. The zero-order valence-corrected chi connectivity index (χ0v) is 11.0. The highest BCUT2D eigenvalue weighted by Crippen LogP contribution is 2.32. The number of hydrogen-bond donors (Lipinski definition) is 2. The van der Waals surface area contributed by atoms with Gasteiger partial charge in [-0.3, -0.25) is 0 Å². The summed E-state index contributed by atoms with van der Waals surface area (Å²) in [5, 5.41) is 9.59. The van der Waals surface area contributed by atoms with Crippen LogP contribution in [-0.2, 0) is 0 Å². The maximum atomic E-state index is 9.59. The molecule has 0 saturated heterocycles. The summed E-state index contributed by atoms with van der Waals surface area (Å²) in [7, 11) is 3.59. The van der Waals surface area contributed by atoms with E-state index in [4.69, 9.17) is 10.5 Å². The van der Waals surface area contributed by atoms with Crippen molar-refractivity contribution in [2.24, 2.45) is 5.73 Å². The van der Waals surface area contributed by atoms with Gasteiger partial charge in [-0.25, -0.2) is 0 Å². The largest absolute Gasteiger partial charge is 0.495 e. The maximum Gasteiger partial charge on any atom is 0.142 e. The van der Waals surface area contributed by atoms with E-state index >= 15 is 0 Å². The van der Waals surface area contributed by atoms with E-state index in [1.165, 1.54) is 0 Å². The molecule has 0 radical (unpaired) electrons. The summed E-state index contributed by atoms with van der Waals surface area (Å²) in [4.78, 5) is 1.98. The van der Waals surface area contributed by atoms with E-state index in [0.29, 0.717) is 6.54 Å². The van der Waals surface area contributed by atoms with Crippen molar-refractivity contribution in [1.82, 2.24) is 0 Å². The first-order valence-corrected chi connectivity index (χ1v) is 5.74. The fraction of sp³-hybridized carbons (Fsp3) is 0.538. The minimum Gasteiger partial charge on any atom is -0.495 e. The van der Waals surface area contributed by atoms with Crippen LogP contribution in [0.5, 0.6) is 5.75 Å². The van der Waals surface area contributed by atoms with Crippen LogP contribution >= 0.6 is 0 Å². The predicted molar refractivity (Wildman–Crippen MR) is 70.8 cm³/mol. The van der Waals surface area contributed by atoms with Crippen LogP contribution in [0.2, 0.25) is 0 Å². The van der Waals surface area contributed by atoms with Gasteiger partial charge in [0.2, 0.25) is 0 Å². The minimum atomic E-state index is -0.523. The number of aliphatic hydroxyl groups excluding tert-OH is 1. The van der Waals surface area contributed by atoms with Crippen molar-refractivity contribution < 1.29 is 9.84 Å². The van der Waals surface area contributed by atoms with E-state index in [1.54, 1.807) is 7.11 Å². The fourth-order valence-corrected chi connectivity index (χ4v) is 2.05. The number of ether oxygens (including phenoxy) is 1. The molecule has 0 spiro atoms. The molecule has 0 aromatic heterocycles. The number of aryl methyl sites for hydroxylation is 2. The third-order valence-electron chi connectivity index (χ3n) is 2.77. The molecule has 0 amide bonds. The lowest BCUT2D eigenvalue weighted by molar-refractivity contribution is 0.189. The molecule has 1 aromatic carbocycles. The summed E-state index contributed by atoms with van der Waals surface area (Å²) in [5.74, 6) is 0.828. The number of rotatable bonds is 5. The highest BCUT2D eigenvalue weighted by atomic mass is 16.5. The second kappa shape index (κ2) is 5.89. The molecular weight excluding hydrogens is 216 g/mol. The minimum absolute atomic E-state index is 0.261. The average molecular weight is 238 g/mol. The third kappa shape index (κ3) is 3.35. The van der Waals surface area contributed by atoms with Crippen LogP contribution in [0.25, 0.3) is 0 Å². The molecule has 96 valence electrons. The van der Waals surface area contributed by atoms with Gasteiger partial charge in [-0.1, -0.05) is 6.07 Å². The second-order valence-electron chi connectivity index (χ2n) is 4.40. The Labute approximate surface area is 103 Å². The van der Waals surface area contributed by atoms with E-state index in [1.807, 2.05) is 31.9 Å². The summed E-state index contributed by atoms with van der Waals surface area (Å²) >= 11 is 0. The molecule has 3 N–H and O–H groups in total. The topological polar surface area (TPSA) is 58.7 Å². The zero-order valence-electron chi connectivity index (χ0n) is 11.0. The number of nitrogens with two attached hydrogens (primary N) is 1. The average Bonchev–Trinajstić information content (AvgIpc) is 2.27. The Balaban J connectivity index is 3.03. The zero-order chi connectivity index (χ0) is 13.0. The quantitative estimate of drug-likeness (QED) is 0.805. The van der Waals surface area contributed by atoms with Crippen molar-refractivity contribution in [1.29, 1.82) is 0 Å². The summed E-state index contributed by atoms with van der Waals surface area (Å²) in [5.41, 5.74) is 8.72. The van der Waals surface area contributed by atoms with Gasteiger partial charge in [-0.05, 0) is 31.0 Å². The van der Waals surface area contributed by atoms with E-state index in [2.05, 4.69) is 6.07 Å². The number of nitrogens with zero attached hydrogens (tertiary/aromatic N) is 1. The van der Waals surface area contributed by atoms with Crippen LogP contribution in [0.15, 0.2) is 12.1 Å². The molecule has 0 aliphatic heterocycles. The molecule has 0 heterocycles. The first-order valence-electron chi connectivity index (χ1n) is 5.74. The van der Waals surface area contributed by atoms with Crippen molar-refractivity contribution in [3.8, 4) is 5.75 Å². The fourth-order valence-electron chi connectivity index (χ4n) is 2.05. The van der Waals surface area contributed by atoms with Crippen molar-refractivity contribution in [3.05, 3.63) is 23.3 Å². The molecule has 1 atom stereocenters. The number of aliphatic hydroxyl groups is 1. The monoisotopic (exact) mass is 238 g/mol. The van der Waals surface area contributed by atoms with Gasteiger partial charge in [0, 0.05) is 20.1 Å². The first-order chi connectivity index (χ1) is 7.99. The lowest BCUT2D eigenvalue weighted by Crippen LogP contribution is -2.34. The molecule has 4 heteroatoms. The van der Waals surface area contributed by atoms with Gasteiger partial charge in [-0.15, -0.1) is 0 Å². The highest BCUT2D eigenvalue weighted by Gasteiger charge is 2.14. The maximum absolute atomic E-state index is 9.59. The van der Waals surface area contributed by atoms with E-state index < -0.39 is 6.10 Å². The van der Waals surface area contributed by atoms with E-state index in [0.717, 1.165) is 22.6 Å². The first kappa shape index (κ1) is 13.8. The highest BCUT2D eigenvalue weighted by molar-refractivity contribution is 5.64. The smallest absolute Gasteiger partial charge is 0.142 e. The molecular formula is C13H22N2O2. The van der Waals surface area contributed by atoms with Crippen LogP contribution < -0.4 is 15.4 Å². The van der Waals surface area contributed by atoms with Gasteiger partial charge in [0.25, 0.3) is 0 Å². The SMILES string of the molecule is COc1cc(C)cc(C)c1N(C)CC(O)CN. The summed E-state index contributed by atoms with van der Waals surface area (Å²) < 4.78 is 5.39. The number of hydrogen-bond acceptors (Lipinski definition) is 4. The Hall–Kier alpha value is -1.26. The van der Waals surface area contributed by atoms with Gasteiger partial charge in [0.15, 0.2) is 0 Å². The van der Waals surface area contributed by atoms with Crippen LogP contribution in [0.4, 0.5) is 5.69 Å². The van der Waals surface area contributed by atoms with Crippen molar-refractivity contribution >= 4 is 5.69 Å². The lowest BCUT2D eigenvalue weighted by Gasteiger charge is -2.26. The van der Waals surface area contributed by atoms with E-state index in [-0.39, 0.29) is 6.54 Å². The number of anilines is 1. The van der Waals surface area contributed by atoms with E-state index in [9.17, 15) is 5.11 Å². The van der Waals surface area contributed by atoms with Gasteiger partial charge >= 0.3 is 0 Å².